The Bertz CT molecular complexity index is 696. The van der Waals surface area contributed by atoms with E-state index in [9.17, 15) is 14.9 Å². The van der Waals surface area contributed by atoms with E-state index in [2.05, 4.69) is 5.10 Å². The SMILES string of the molecule is Cc1cc(Sc2ccc(C(=O)O)c([N+](=O)[O-])c2)n(C)n1. The molecule has 1 aromatic carbocycles. The lowest BCUT2D eigenvalue weighted by Gasteiger charge is -2.03. The molecule has 2 aromatic rings. The minimum atomic E-state index is -1.32. The first-order valence-electron chi connectivity index (χ1n) is 5.58. The predicted molar refractivity (Wildman–Crippen MR) is 72.1 cm³/mol. The van der Waals surface area contributed by atoms with Gasteiger partial charge in [-0.3, -0.25) is 14.8 Å². The van der Waals surface area contributed by atoms with Crippen LogP contribution in [-0.4, -0.2) is 25.8 Å². The van der Waals surface area contributed by atoms with Crippen LogP contribution in [0, 0.1) is 17.0 Å². The molecule has 1 heterocycles. The Morgan fingerprint density at radius 2 is 2.15 bits per heavy atom. The third-order valence-electron chi connectivity index (χ3n) is 2.58. The molecule has 20 heavy (non-hydrogen) atoms. The molecule has 0 aliphatic rings. The van der Waals surface area contributed by atoms with Crippen molar-refractivity contribution in [3.05, 3.63) is 45.6 Å². The lowest BCUT2D eigenvalue weighted by molar-refractivity contribution is -0.385. The maximum absolute atomic E-state index is 10.9. The van der Waals surface area contributed by atoms with E-state index in [1.807, 2.05) is 13.0 Å². The van der Waals surface area contributed by atoms with Crippen molar-refractivity contribution in [3.8, 4) is 0 Å². The van der Waals surface area contributed by atoms with Gasteiger partial charge in [0.1, 0.15) is 5.56 Å². The van der Waals surface area contributed by atoms with Gasteiger partial charge in [-0.1, -0.05) is 11.8 Å². The number of carboxylic acids is 1. The average Bonchev–Trinajstić information content (AvgIpc) is 2.67. The summed E-state index contributed by atoms with van der Waals surface area (Å²) in [5, 5.41) is 24.8. The molecule has 8 heteroatoms. The Balaban J connectivity index is 2.39. The fraction of sp³-hybridized carbons (Fsp3) is 0.167. The van der Waals surface area contributed by atoms with E-state index in [0.717, 1.165) is 10.7 Å². The number of nitrogens with zero attached hydrogens (tertiary/aromatic N) is 3. The maximum atomic E-state index is 10.9. The number of hydrogen-bond acceptors (Lipinski definition) is 5. The molecule has 1 aromatic heterocycles. The summed E-state index contributed by atoms with van der Waals surface area (Å²) < 4.78 is 1.66. The van der Waals surface area contributed by atoms with Gasteiger partial charge >= 0.3 is 5.97 Å². The molecule has 104 valence electrons. The zero-order valence-corrected chi connectivity index (χ0v) is 11.5. The lowest BCUT2D eigenvalue weighted by atomic mass is 10.2. The average molecular weight is 293 g/mol. The highest BCUT2D eigenvalue weighted by atomic mass is 32.2. The second kappa shape index (κ2) is 5.33. The van der Waals surface area contributed by atoms with Gasteiger partial charge in [-0.15, -0.1) is 0 Å². The molecule has 0 aliphatic heterocycles. The molecule has 0 saturated heterocycles. The highest BCUT2D eigenvalue weighted by Gasteiger charge is 2.20. The molecule has 0 saturated carbocycles. The number of carbonyl (C=O) groups is 1. The number of nitro groups is 1. The number of rotatable bonds is 4. The van der Waals surface area contributed by atoms with Crippen molar-refractivity contribution in [1.29, 1.82) is 0 Å². The normalized spacial score (nSPS) is 10.5. The molecule has 0 radical (unpaired) electrons. The van der Waals surface area contributed by atoms with Crippen LogP contribution >= 0.6 is 11.8 Å². The van der Waals surface area contributed by atoms with Crippen molar-refractivity contribution >= 4 is 23.4 Å². The van der Waals surface area contributed by atoms with Gasteiger partial charge in [-0.2, -0.15) is 5.10 Å². The van der Waals surface area contributed by atoms with Crippen LogP contribution in [0.15, 0.2) is 34.2 Å². The summed E-state index contributed by atoms with van der Waals surface area (Å²) in [6.45, 7) is 1.85. The van der Waals surface area contributed by atoms with Crippen molar-refractivity contribution in [1.82, 2.24) is 9.78 Å². The van der Waals surface area contributed by atoms with Crippen molar-refractivity contribution in [2.75, 3.05) is 0 Å². The number of carboxylic acid groups (broad SMARTS) is 1. The molecule has 1 N–H and O–H groups in total. The minimum Gasteiger partial charge on any atom is -0.477 e. The first kappa shape index (κ1) is 14.1. The van der Waals surface area contributed by atoms with Crippen LogP contribution in [0.1, 0.15) is 16.1 Å². The highest BCUT2D eigenvalue weighted by molar-refractivity contribution is 7.99. The van der Waals surface area contributed by atoms with Gasteiger partial charge in [0.15, 0.2) is 0 Å². The summed E-state index contributed by atoms with van der Waals surface area (Å²) in [6, 6.07) is 5.90. The highest BCUT2D eigenvalue weighted by Crippen LogP contribution is 2.31. The second-order valence-corrected chi connectivity index (χ2v) is 5.18. The van der Waals surface area contributed by atoms with Gasteiger partial charge in [0.25, 0.3) is 5.69 Å². The fourth-order valence-electron chi connectivity index (χ4n) is 1.71. The molecule has 0 bridgehead atoms. The van der Waals surface area contributed by atoms with Crippen molar-refractivity contribution in [2.45, 2.75) is 16.8 Å². The van der Waals surface area contributed by atoms with Gasteiger partial charge in [0.05, 0.1) is 15.6 Å². The molecule has 7 nitrogen and oxygen atoms in total. The predicted octanol–water partition coefficient (Wildman–Crippen LogP) is 2.49. The van der Waals surface area contributed by atoms with Gasteiger partial charge in [-0.05, 0) is 25.1 Å². The number of aryl methyl sites for hydroxylation is 2. The third kappa shape index (κ3) is 2.80. The molecule has 0 fully saturated rings. The van der Waals surface area contributed by atoms with Crippen LogP contribution in [0.4, 0.5) is 5.69 Å². The number of nitro benzene ring substituents is 1. The van der Waals surface area contributed by atoms with E-state index in [1.165, 1.54) is 23.9 Å². The van der Waals surface area contributed by atoms with Crippen molar-refractivity contribution in [2.24, 2.45) is 7.05 Å². The van der Waals surface area contributed by atoms with Gasteiger partial charge in [-0.25, -0.2) is 4.79 Å². The molecular weight excluding hydrogens is 282 g/mol. The molecule has 0 atom stereocenters. The van der Waals surface area contributed by atoms with Crippen LogP contribution in [0.25, 0.3) is 0 Å². The zero-order valence-electron chi connectivity index (χ0n) is 10.7. The molecule has 0 amide bonds. The topological polar surface area (TPSA) is 98.3 Å². The Hall–Kier alpha value is -2.35. The zero-order chi connectivity index (χ0) is 14.9. The lowest BCUT2D eigenvalue weighted by Crippen LogP contribution is -2.02. The summed E-state index contributed by atoms with van der Waals surface area (Å²) >= 11 is 1.29. The minimum absolute atomic E-state index is 0.319. The Kier molecular flexibility index (Phi) is 3.75. The van der Waals surface area contributed by atoms with E-state index in [-0.39, 0.29) is 5.56 Å². The molecular formula is C12H11N3O4S. The largest absolute Gasteiger partial charge is 0.477 e. The van der Waals surface area contributed by atoms with Gasteiger partial charge < -0.3 is 5.11 Å². The number of benzene rings is 1. The van der Waals surface area contributed by atoms with Crippen molar-refractivity contribution in [3.63, 3.8) is 0 Å². The molecule has 2 rings (SSSR count). The molecule has 0 spiro atoms. The number of hydrogen-bond donors (Lipinski definition) is 1. The van der Waals surface area contributed by atoms with E-state index in [0.29, 0.717) is 4.90 Å². The van der Waals surface area contributed by atoms with E-state index < -0.39 is 16.6 Å². The quantitative estimate of drug-likeness (QED) is 0.687. The van der Waals surface area contributed by atoms with Crippen LogP contribution in [0.5, 0.6) is 0 Å². The monoisotopic (exact) mass is 293 g/mol. The van der Waals surface area contributed by atoms with Crippen LogP contribution < -0.4 is 0 Å². The third-order valence-corrected chi connectivity index (χ3v) is 3.66. The first-order chi connectivity index (χ1) is 9.38. The van der Waals surface area contributed by atoms with Crippen LogP contribution in [0.2, 0.25) is 0 Å². The molecule has 0 unspecified atom stereocenters. The van der Waals surface area contributed by atoms with E-state index in [4.69, 9.17) is 5.11 Å². The van der Waals surface area contributed by atoms with Gasteiger partial charge in [0, 0.05) is 18.0 Å². The van der Waals surface area contributed by atoms with Crippen LogP contribution in [-0.2, 0) is 7.05 Å². The summed E-state index contributed by atoms with van der Waals surface area (Å²) in [7, 11) is 1.77. The second-order valence-electron chi connectivity index (χ2n) is 4.09. The fourth-order valence-corrected chi connectivity index (χ4v) is 2.66. The first-order valence-corrected chi connectivity index (χ1v) is 6.40. The Morgan fingerprint density at radius 3 is 2.65 bits per heavy atom. The summed E-state index contributed by atoms with van der Waals surface area (Å²) in [4.78, 5) is 21.7. The van der Waals surface area contributed by atoms with Crippen LogP contribution in [0.3, 0.4) is 0 Å². The summed E-state index contributed by atoms with van der Waals surface area (Å²) in [6.07, 6.45) is 0. The number of aromatic nitrogens is 2. The maximum Gasteiger partial charge on any atom is 0.342 e. The number of aromatic carboxylic acids is 1. The van der Waals surface area contributed by atoms with E-state index >= 15 is 0 Å². The summed E-state index contributed by atoms with van der Waals surface area (Å²) in [5.41, 5.74) is 0.105. The molecule has 0 aliphatic carbocycles. The Morgan fingerprint density at radius 1 is 1.45 bits per heavy atom. The smallest absolute Gasteiger partial charge is 0.342 e. The van der Waals surface area contributed by atoms with Crippen molar-refractivity contribution < 1.29 is 14.8 Å². The van der Waals surface area contributed by atoms with E-state index in [1.54, 1.807) is 17.8 Å². The summed E-state index contributed by atoms with van der Waals surface area (Å²) in [5.74, 6) is -1.32. The standard InChI is InChI=1S/C12H11N3O4S/c1-7-5-11(14(2)13-7)20-8-3-4-9(12(16)17)10(6-8)15(18)19/h3-6H,1-2H3,(H,16,17). The van der Waals surface area contributed by atoms with Gasteiger partial charge in [0.2, 0.25) is 0 Å². The Labute approximate surface area is 118 Å².